The number of hydrogen-bond donors (Lipinski definition) is 1. The van der Waals surface area contributed by atoms with Crippen LogP contribution < -0.4 is 10.6 Å². The van der Waals surface area contributed by atoms with Crippen LogP contribution in [0.3, 0.4) is 0 Å². The second kappa shape index (κ2) is 5.38. The van der Waals surface area contributed by atoms with E-state index in [1.807, 2.05) is 0 Å². The normalized spacial score (nSPS) is 12.4. The van der Waals surface area contributed by atoms with Crippen molar-refractivity contribution in [3.8, 4) is 0 Å². The maximum atomic E-state index is 11.4. The van der Waals surface area contributed by atoms with Gasteiger partial charge in [0.25, 0.3) is 0 Å². The van der Waals surface area contributed by atoms with Crippen molar-refractivity contribution in [3.63, 3.8) is 0 Å². The average molecular weight is 306 g/mol. The molecular weight excluding hydrogens is 288 g/mol. The maximum Gasteiger partial charge on any atom is 0.175 e. The Labute approximate surface area is 114 Å². The van der Waals surface area contributed by atoms with Gasteiger partial charge in [-0.05, 0) is 18.2 Å². The molecule has 0 heterocycles. The summed E-state index contributed by atoms with van der Waals surface area (Å²) in [6.07, 6.45) is 2.27. The number of sulfone groups is 2. The molecule has 0 aliphatic carbocycles. The van der Waals surface area contributed by atoms with Gasteiger partial charge in [-0.2, -0.15) is 0 Å². The monoisotopic (exact) mass is 306 g/mol. The summed E-state index contributed by atoms with van der Waals surface area (Å²) in [6.45, 7) is 0.293. The zero-order valence-electron chi connectivity index (χ0n) is 11.1. The average Bonchev–Trinajstić information content (AvgIpc) is 2.23. The fourth-order valence-electron chi connectivity index (χ4n) is 1.53. The predicted octanol–water partition coefficient (Wildman–Crippen LogP) is 0.153. The Bertz CT molecular complexity index is 666. The second-order valence-electron chi connectivity index (χ2n) is 4.54. The van der Waals surface area contributed by atoms with Gasteiger partial charge in [0, 0.05) is 26.1 Å². The van der Waals surface area contributed by atoms with Crippen molar-refractivity contribution in [1.82, 2.24) is 0 Å². The summed E-state index contributed by atoms with van der Waals surface area (Å²) in [6, 6.07) is 4.41. The molecule has 19 heavy (non-hydrogen) atoms. The summed E-state index contributed by atoms with van der Waals surface area (Å²) in [5, 5.41) is 0. The molecule has 0 atom stereocenters. The SMILES string of the molecule is CN(CCS(C)(=O)=O)c1ccc(S(C)(=O)=O)cc1N. The van der Waals surface area contributed by atoms with Crippen molar-refractivity contribution in [2.24, 2.45) is 0 Å². The fourth-order valence-corrected chi connectivity index (χ4v) is 2.80. The smallest absolute Gasteiger partial charge is 0.175 e. The van der Waals surface area contributed by atoms with Crippen molar-refractivity contribution >= 4 is 31.0 Å². The minimum Gasteiger partial charge on any atom is -0.397 e. The molecule has 0 fully saturated rings. The van der Waals surface area contributed by atoms with Crippen molar-refractivity contribution in [3.05, 3.63) is 18.2 Å². The van der Waals surface area contributed by atoms with Gasteiger partial charge in [0.05, 0.1) is 22.0 Å². The zero-order valence-corrected chi connectivity index (χ0v) is 12.8. The molecular formula is C11H18N2O4S2. The van der Waals surface area contributed by atoms with Crippen LogP contribution in [-0.2, 0) is 19.7 Å². The van der Waals surface area contributed by atoms with Crippen LogP contribution in [0.2, 0.25) is 0 Å². The van der Waals surface area contributed by atoms with E-state index in [0.29, 0.717) is 17.9 Å². The lowest BCUT2D eigenvalue weighted by Gasteiger charge is -2.21. The quantitative estimate of drug-likeness (QED) is 0.778. The predicted molar refractivity (Wildman–Crippen MR) is 76.9 cm³/mol. The van der Waals surface area contributed by atoms with E-state index in [0.717, 1.165) is 12.5 Å². The lowest BCUT2D eigenvalue weighted by Crippen LogP contribution is -2.25. The molecule has 1 aromatic rings. The van der Waals surface area contributed by atoms with Crippen LogP contribution in [0.5, 0.6) is 0 Å². The van der Waals surface area contributed by atoms with E-state index >= 15 is 0 Å². The third-order valence-corrected chi connectivity index (χ3v) is 4.67. The Morgan fingerprint density at radius 2 is 1.74 bits per heavy atom. The van der Waals surface area contributed by atoms with E-state index in [2.05, 4.69) is 0 Å². The topological polar surface area (TPSA) is 97.5 Å². The summed E-state index contributed by atoms with van der Waals surface area (Å²) >= 11 is 0. The van der Waals surface area contributed by atoms with Gasteiger partial charge in [-0.15, -0.1) is 0 Å². The largest absolute Gasteiger partial charge is 0.397 e. The Balaban J connectivity index is 2.97. The highest BCUT2D eigenvalue weighted by Crippen LogP contribution is 2.25. The molecule has 0 aromatic heterocycles. The lowest BCUT2D eigenvalue weighted by atomic mass is 10.2. The Hall–Kier alpha value is -1.28. The van der Waals surface area contributed by atoms with Crippen molar-refractivity contribution in [2.45, 2.75) is 4.90 Å². The highest BCUT2D eigenvalue weighted by molar-refractivity contribution is 7.91. The molecule has 6 nitrogen and oxygen atoms in total. The van der Waals surface area contributed by atoms with Gasteiger partial charge in [0.1, 0.15) is 9.84 Å². The summed E-state index contributed by atoms with van der Waals surface area (Å²) < 4.78 is 45.0. The highest BCUT2D eigenvalue weighted by atomic mass is 32.2. The molecule has 0 saturated carbocycles. The molecule has 0 aliphatic heterocycles. The fraction of sp³-hybridized carbons (Fsp3) is 0.455. The third-order valence-electron chi connectivity index (χ3n) is 2.64. The number of benzene rings is 1. The van der Waals surface area contributed by atoms with Gasteiger partial charge < -0.3 is 10.6 Å². The second-order valence-corrected chi connectivity index (χ2v) is 8.82. The summed E-state index contributed by atoms with van der Waals surface area (Å²) in [4.78, 5) is 1.83. The number of rotatable bonds is 5. The standard InChI is InChI=1S/C11H18N2O4S2/c1-13(6-7-18(2,14)15)11-5-4-9(8-10(11)12)19(3,16)17/h4-5,8H,6-7,12H2,1-3H3. The number of nitrogens with two attached hydrogens (primary N) is 1. The first-order chi connectivity index (χ1) is 8.50. The summed E-state index contributed by atoms with van der Waals surface area (Å²) in [5.41, 5.74) is 6.71. The number of nitrogens with zero attached hydrogens (tertiary/aromatic N) is 1. The number of hydrogen-bond acceptors (Lipinski definition) is 6. The van der Waals surface area contributed by atoms with Gasteiger partial charge in [-0.1, -0.05) is 0 Å². The Morgan fingerprint density at radius 3 is 2.16 bits per heavy atom. The molecule has 0 unspecified atom stereocenters. The Morgan fingerprint density at radius 1 is 1.16 bits per heavy atom. The lowest BCUT2D eigenvalue weighted by molar-refractivity contribution is 0.600. The highest BCUT2D eigenvalue weighted by Gasteiger charge is 2.13. The van der Waals surface area contributed by atoms with Gasteiger partial charge in [-0.3, -0.25) is 0 Å². The molecule has 2 N–H and O–H groups in total. The molecule has 0 spiro atoms. The first kappa shape index (κ1) is 15.8. The first-order valence-corrected chi connectivity index (χ1v) is 9.44. The molecule has 8 heteroatoms. The van der Waals surface area contributed by atoms with Crippen LogP contribution in [0.25, 0.3) is 0 Å². The number of anilines is 2. The molecule has 0 aliphatic rings. The zero-order chi connectivity index (χ0) is 14.8. The van der Waals surface area contributed by atoms with Gasteiger partial charge in [0.15, 0.2) is 9.84 Å². The van der Waals surface area contributed by atoms with E-state index in [-0.39, 0.29) is 10.6 Å². The van der Waals surface area contributed by atoms with Crippen LogP contribution in [0.15, 0.2) is 23.1 Å². The van der Waals surface area contributed by atoms with Gasteiger partial charge in [0.2, 0.25) is 0 Å². The minimum atomic E-state index is -3.30. The van der Waals surface area contributed by atoms with Crippen LogP contribution in [0, 0.1) is 0 Å². The van der Waals surface area contributed by atoms with Gasteiger partial charge >= 0.3 is 0 Å². The first-order valence-electron chi connectivity index (χ1n) is 5.49. The molecule has 0 amide bonds. The molecule has 0 radical (unpaired) electrons. The van der Waals surface area contributed by atoms with Crippen LogP contribution in [-0.4, -0.2) is 48.7 Å². The molecule has 0 saturated heterocycles. The molecule has 1 aromatic carbocycles. The van der Waals surface area contributed by atoms with Crippen molar-refractivity contribution < 1.29 is 16.8 Å². The van der Waals surface area contributed by atoms with E-state index < -0.39 is 19.7 Å². The van der Waals surface area contributed by atoms with E-state index in [1.54, 1.807) is 18.0 Å². The molecule has 108 valence electrons. The van der Waals surface area contributed by atoms with Crippen molar-refractivity contribution in [2.75, 3.05) is 42.5 Å². The molecule has 0 bridgehead atoms. The van der Waals surface area contributed by atoms with Crippen LogP contribution in [0.4, 0.5) is 11.4 Å². The van der Waals surface area contributed by atoms with Crippen LogP contribution >= 0.6 is 0 Å². The van der Waals surface area contributed by atoms with E-state index in [9.17, 15) is 16.8 Å². The third kappa shape index (κ3) is 4.71. The number of nitrogen functional groups attached to an aromatic ring is 1. The Kier molecular flexibility index (Phi) is 4.46. The van der Waals surface area contributed by atoms with Gasteiger partial charge in [-0.25, -0.2) is 16.8 Å². The van der Waals surface area contributed by atoms with Crippen LogP contribution in [0.1, 0.15) is 0 Å². The van der Waals surface area contributed by atoms with Crippen molar-refractivity contribution in [1.29, 1.82) is 0 Å². The maximum absolute atomic E-state index is 11.4. The minimum absolute atomic E-state index is 0.0107. The molecule has 1 rings (SSSR count). The van der Waals surface area contributed by atoms with E-state index in [1.165, 1.54) is 12.1 Å². The summed E-state index contributed by atoms with van der Waals surface area (Å²) in [5.74, 6) is 0.0107. The van der Waals surface area contributed by atoms with E-state index in [4.69, 9.17) is 5.73 Å². The summed E-state index contributed by atoms with van der Waals surface area (Å²) in [7, 11) is -4.64.